The highest BCUT2D eigenvalue weighted by Crippen LogP contribution is 2.56. The third kappa shape index (κ3) is 3.50. The summed E-state index contributed by atoms with van der Waals surface area (Å²) in [5, 5.41) is 23.0. The highest BCUT2D eigenvalue weighted by atomic mass is 35.5. The molecule has 2 aromatic carbocycles. The lowest BCUT2D eigenvalue weighted by molar-refractivity contribution is -0.122. The third-order valence-electron chi connectivity index (χ3n) is 7.19. The number of hydrogen-bond acceptors (Lipinski definition) is 9. The first-order valence-electron chi connectivity index (χ1n) is 12.0. The molecule has 1 atom stereocenters. The largest absolute Gasteiger partial charge is 0.384 e. The minimum atomic E-state index is -1.64. The van der Waals surface area contributed by atoms with Gasteiger partial charge in [-0.25, -0.2) is 0 Å². The quantitative estimate of drug-likeness (QED) is 0.417. The third-order valence-corrected chi connectivity index (χ3v) is 9.71. The topological polar surface area (TPSA) is 125 Å². The van der Waals surface area contributed by atoms with Crippen LogP contribution in [-0.2, 0) is 20.8 Å². The van der Waals surface area contributed by atoms with Crippen LogP contribution < -0.4 is 16.0 Å². The molecule has 2 aliphatic heterocycles. The molecule has 0 bridgehead atoms. The van der Waals surface area contributed by atoms with Crippen molar-refractivity contribution in [3.8, 4) is 6.07 Å². The van der Waals surface area contributed by atoms with Crippen LogP contribution in [0.2, 0.25) is 5.02 Å². The van der Waals surface area contributed by atoms with Gasteiger partial charge in [0, 0.05) is 34.0 Å². The van der Waals surface area contributed by atoms with E-state index in [1.54, 1.807) is 35.7 Å². The molecule has 3 N–H and O–H groups in total. The van der Waals surface area contributed by atoms with E-state index < -0.39 is 11.3 Å². The lowest BCUT2D eigenvalue weighted by Crippen LogP contribution is -2.50. The summed E-state index contributed by atoms with van der Waals surface area (Å²) in [4.78, 5) is 29.1. The van der Waals surface area contributed by atoms with Gasteiger partial charge in [-0.1, -0.05) is 71.1 Å². The summed E-state index contributed by atoms with van der Waals surface area (Å²) in [5.74, 6) is 0.136. The molecule has 1 spiro atoms. The summed E-state index contributed by atoms with van der Waals surface area (Å²) in [7, 11) is 0. The van der Waals surface area contributed by atoms with E-state index in [2.05, 4.69) is 21.6 Å². The average Bonchev–Trinajstić information content (AvgIpc) is 3.49. The molecule has 0 fully saturated rings. The van der Waals surface area contributed by atoms with Gasteiger partial charge in [0.2, 0.25) is 11.0 Å². The second-order valence-corrected chi connectivity index (χ2v) is 11.8. The highest BCUT2D eigenvalue weighted by molar-refractivity contribution is 8.00. The van der Waals surface area contributed by atoms with Gasteiger partial charge in [-0.2, -0.15) is 5.26 Å². The van der Waals surface area contributed by atoms with Crippen molar-refractivity contribution >= 4 is 57.2 Å². The van der Waals surface area contributed by atoms with Crippen LogP contribution in [0.5, 0.6) is 0 Å². The number of hydrogen-bond donors (Lipinski definition) is 2. The first kappa shape index (κ1) is 24.7. The van der Waals surface area contributed by atoms with Crippen LogP contribution in [0.25, 0.3) is 0 Å². The van der Waals surface area contributed by atoms with Crippen LogP contribution in [0.4, 0.5) is 10.8 Å². The molecule has 3 aliphatic rings. The number of carbonyl (C=O) groups is 2. The molecule has 1 unspecified atom stereocenters. The molecule has 3 aromatic rings. The fraction of sp³-hybridized carbons (Fsp3) is 0.222. The number of benzene rings is 2. The Bertz CT molecular complexity index is 1620. The Morgan fingerprint density at radius 2 is 2.00 bits per heavy atom. The number of rotatable bonds is 4. The van der Waals surface area contributed by atoms with Gasteiger partial charge in [0.1, 0.15) is 17.3 Å². The molecule has 1 aromatic heterocycles. The molecule has 1 aliphatic carbocycles. The number of aromatic nitrogens is 2. The van der Waals surface area contributed by atoms with Gasteiger partial charge in [0.25, 0.3) is 0 Å². The second-order valence-electron chi connectivity index (χ2n) is 9.23. The maximum Gasteiger partial charge on any atom is 0.245 e. The number of nitrogens with zero attached hydrogens (tertiary/aromatic N) is 4. The van der Waals surface area contributed by atoms with Crippen molar-refractivity contribution < 1.29 is 9.59 Å². The fourth-order valence-corrected chi connectivity index (χ4v) is 7.46. The SMILES string of the molecule is Cc1c(Cl)ccc2c1NC(=O)C21C(C#N)=C(N)N(c2nnc(SCc3ccccc3)s2)C2=C1C(=O)CCC2. The molecule has 190 valence electrons. The first-order valence-corrected chi connectivity index (χ1v) is 14.1. The number of amides is 1. The lowest BCUT2D eigenvalue weighted by Gasteiger charge is -2.42. The van der Waals surface area contributed by atoms with Crippen LogP contribution >= 0.6 is 34.7 Å². The average molecular weight is 561 g/mol. The molecule has 1 amide bonds. The van der Waals surface area contributed by atoms with E-state index in [4.69, 9.17) is 17.3 Å². The van der Waals surface area contributed by atoms with E-state index in [1.165, 1.54) is 11.3 Å². The Kier molecular flexibility index (Phi) is 6.02. The Morgan fingerprint density at radius 3 is 2.76 bits per heavy atom. The molecule has 0 saturated heterocycles. The number of ketones is 1. The van der Waals surface area contributed by atoms with Gasteiger partial charge in [0.15, 0.2) is 10.1 Å². The summed E-state index contributed by atoms with van der Waals surface area (Å²) in [6, 6.07) is 15.6. The molecule has 0 saturated carbocycles. The number of halogens is 1. The maximum atomic E-state index is 13.8. The fourth-order valence-electron chi connectivity index (χ4n) is 5.47. The Labute approximate surface area is 232 Å². The molecular weight excluding hydrogens is 540 g/mol. The Balaban J connectivity index is 1.50. The molecular formula is C27H21ClN6O2S2. The highest BCUT2D eigenvalue weighted by Gasteiger charge is 2.60. The molecule has 3 heterocycles. The van der Waals surface area contributed by atoms with E-state index >= 15 is 0 Å². The van der Waals surface area contributed by atoms with Crippen LogP contribution in [0.15, 0.2) is 69.5 Å². The van der Waals surface area contributed by atoms with Crippen molar-refractivity contribution in [2.45, 2.75) is 41.7 Å². The summed E-state index contributed by atoms with van der Waals surface area (Å²) >= 11 is 9.23. The van der Waals surface area contributed by atoms with Crippen molar-refractivity contribution in [1.82, 2.24) is 10.2 Å². The second kappa shape index (κ2) is 9.27. The van der Waals surface area contributed by atoms with E-state index in [1.807, 2.05) is 30.3 Å². The molecule has 0 radical (unpaired) electrons. The maximum absolute atomic E-state index is 13.8. The summed E-state index contributed by atoms with van der Waals surface area (Å²) in [6.45, 7) is 1.79. The number of fused-ring (bicyclic) bond motifs is 3. The normalized spacial score (nSPS) is 20.5. The number of carbonyl (C=O) groups excluding carboxylic acids is 2. The van der Waals surface area contributed by atoms with Crippen molar-refractivity contribution in [1.29, 1.82) is 5.26 Å². The molecule has 8 nitrogen and oxygen atoms in total. The van der Waals surface area contributed by atoms with E-state index in [0.29, 0.717) is 45.5 Å². The standard InChI is InChI=1S/C27H21ClN6O2S2/c1-14-18(28)11-10-16-22(14)31-24(36)27(16)17(12-29)23(30)34(19-8-5-9-20(35)21(19)27)25-32-33-26(38-25)37-13-15-6-3-2-4-7-15/h2-4,6-7,10-11H,5,8-9,13,30H2,1H3,(H,31,36). The van der Waals surface area contributed by atoms with Gasteiger partial charge < -0.3 is 11.1 Å². The van der Waals surface area contributed by atoms with Crippen molar-refractivity contribution in [2.24, 2.45) is 5.73 Å². The van der Waals surface area contributed by atoms with Crippen molar-refractivity contribution in [3.05, 3.63) is 86.8 Å². The van der Waals surface area contributed by atoms with Gasteiger partial charge in [-0.05, 0) is 37.0 Å². The zero-order valence-electron chi connectivity index (χ0n) is 20.2. The molecule has 38 heavy (non-hydrogen) atoms. The van der Waals surface area contributed by atoms with Gasteiger partial charge in [-0.15, -0.1) is 10.2 Å². The van der Waals surface area contributed by atoms with Crippen LogP contribution in [0, 0.1) is 18.3 Å². The number of thioether (sulfide) groups is 1. The van der Waals surface area contributed by atoms with Gasteiger partial charge in [-0.3, -0.25) is 14.5 Å². The zero-order valence-corrected chi connectivity index (χ0v) is 22.6. The van der Waals surface area contributed by atoms with E-state index in [9.17, 15) is 14.9 Å². The minimum absolute atomic E-state index is 0.00170. The minimum Gasteiger partial charge on any atom is -0.384 e. The monoisotopic (exact) mass is 560 g/mol. The van der Waals surface area contributed by atoms with E-state index in [-0.39, 0.29) is 29.2 Å². The predicted octanol–water partition coefficient (Wildman–Crippen LogP) is 5.20. The van der Waals surface area contributed by atoms with Crippen LogP contribution in [-0.4, -0.2) is 21.9 Å². The van der Waals surface area contributed by atoms with Gasteiger partial charge in [0.05, 0.1) is 11.3 Å². The number of Topliss-reactive ketones (excluding diaryl/α,β-unsaturated/α-hetero) is 1. The smallest absolute Gasteiger partial charge is 0.245 e. The van der Waals surface area contributed by atoms with Crippen molar-refractivity contribution in [2.75, 3.05) is 10.2 Å². The lowest BCUT2D eigenvalue weighted by atomic mass is 9.64. The number of nitrogens with two attached hydrogens (primary N) is 1. The molecule has 11 heteroatoms. The number of nitriles is 1. The van der Waals surface area contributed by atoms with Gasteiger partial charge >= 0.3 is 0 Å². The number of allylic oxidation sites excluding steroid dienone is 1. The summed E-state index contributed by atoms with van der Waals surface area (Å²) < 4.78 is 0.731. The zero-order chi connectivity index (χ0) is 26.6. The number of anilines is 2. The van der Waals surface area contributed by atoms with Crippen LogP contribution in [0.1, 0.15) is 36.0 Å². The van der Waals surface area contributed by atoms with E-state index in [0.717, 1.165) is 15.7 Å². The summed E-state index contributed by atoms with van der Waals surface area (Å²) in [6.07, 6.45) is 1.38. The predicted molar refractivity (Wildman–Crippen MR) is 148 cm³/mol. The Morgan fingerprint density at radius 1 is 1.21 bits per heavy atom. The summed E-state index contributed by atoms with van der Waals surface area (Å²) in [5.41, 5.74) is 8.78. The number of nitrogens with one attached hydrogen (secondary N) is 1. The Hall–Kier alpha value is -3.65. The van der Waals surface area contributed by atoms with Crippen molar-refractivity contribution in [3.63, 3.8) is 0 Å². The van der Waals surface area contributed by atoms with Crippen LogP contribution in [0.3, 0.4) is 0 Å². The molecule has 6 rings (SSSR count). The first-order chi connectivity index (χ1) is 18.4.